The summed E-state index contributed by atoms with van der Waals surface area (Å²) in [6.07, 6.45) is -11.7. The number of aliphatic carboxylic acids is 1. The van der Waals surface area contributed by atoms with Crippen molar-refractivity contribution in [3.8, 4) is 5.75 Å². The van der Waals surface area contributed by atoms with Gasteiger partial charge >= 0.3 is 11.9 Å². The number of rotatable bonds is 9. The molecule has 0 radical (unpaired) electrons. The minimum absolute atomic E-state index is 0.155. The number of aliphatic hydroxyl groups is 4. The van der Waals surface area contributed by atoms with Crippen LogP contribution in [-0.4, -0.2) is 118 Å². The quantitative estimate of drug-likeness (QED) is 0.0502. The molecule has 10 N–H and O–H groups in total. The Hall–Kier alpha value is -2.60. The second-order valence-electron chi connectivity index (χ2n) is 8.94. The molecule has 2 heterocycles. The molecule has 2 fully saturated rings. The predicted molar refractivity (Wildman–Crippen MR) is 131 cm³/mol. The van der Waals surface area contributed by atoms with Gasteiger partial charge in [0.15, 0.2) is 6.10 Å². The van der Waals surface area contributed by atoms with Crippen LogP contribution in [0.15, 0.2) is 18.2 Å². The average molecular weight is 564 g/mol. The number of carbonyl (C=O) groups is 2. The van der Waals surface area contributed by atoms with Gasteiger partial charge in [-0.15, -0.1) is 0 Å². The highest BCUT2D eigenvalue weighted by Gasteiger charge is 2.49. The van der Waals surface area contributed by atoms with E-state index in [1.54, 1.807) is 19.3 Å². The summed E-state index contributed by atoms with van der Waals surface area (Å²) in [6.45, 7) is 5.01. The number of nitrogens with two attached hydrogens (primary N) is 2. The van der Waals surface area contributed by atoms with Crippen molar-refractivity contribution >= 4 is 17.6 Å². The normalized spacial score (nSPS) is 34.5. The molecule has 15 heteroatoms. The van der Waals surface area contributed by atoms with E-state index < -0.39 is 72.9 Å². The number of aromatic hydroxyl groups is 1. The smallest absolute Gasteiger partial charge is 0.342 e. The summed E-state index contributed by atoms with van der Waals surface area (Å²) in [5.74, 6) is -3.64. The van der Waals surface area contributed by atoms with E-state index in [9.17, 15) is 35.1 Å². The van der Waals surface area contributed by atoms with Crippen LogP contribution in [0, 0.1) is 5.92 Å². The fraction of sp³-hybridized carbons (Fsp3) is 0.667. The number of nitrogen functional groups attached to an aromatic ring is 1. The average Bonchev–Trinajstić information content (AvgIpc) is 2.91. The van der Waals surface area contributed by atoms with Gasteiger partial charge in [-0.1, -0.05) is 13.8 Å². The van der Waals surface area contributed by atoms with E-state index in [1.807, 2.05) is 13.8 Å². The number of aliphatic hydroxyl groups excluding tert-OH is 4. The van der Waals surface area contributed by atoms with Gasteiger partial charge in [0.05, 0.1) is 13.7 Å². The molecule has 10 atom stereocenters. The molecule has 0 amide bonds. The minimum atomic E-state index is -1.90. The number of ether oxygens (including phenoxy) is 3. The maximum absolute atomic E-state index is 12.5. The van der Waals surface area contributed by atoms with Crippen LogP contribution in [0.1, 0.15) is 31.1 Å². The second-order valence-corrected chi connectivity index (χ2v) is 8.94. The van der Waals surface area contributed by atoms with Crippen LogP contribution in [0.5, 0.6) is 5.75 Å². The summed E-state index contributed by atoms with van der Waals surface area (Å²) in [6, 6.07) is 3.48. The Labute approximate surface area is 224 Å². The topological polar surface area (TPSA) is 244 Å². The Morgan fingerprint density at radius 2 is 1.69 bits per heavy atom. The number of carboxylic acids is 1. The fourth-order valence-corrected chi connectivity index (χ4v) is 4.36. The van der Waals surface area contributed by atoms with E-state index in [0.29, 0.717) is 0 Å². The standard InChI is InChI=1S/C22H32N2O13.C2H6/c1-8-14(24-2)15(26)11(6-34-37-22-18(29)16(27)17(28)19(36-22)20(30)31)13(35-8)7-33-21(32)10-5-9(23)3-4-12(10)25;1-2/h3-5,8,11,13-19,22,24-29H,6-7,23H2,1-2H3,(H,30,31);1-2H3/p+1/t8-,11+,13?,14?,15+,16+,17-,18?,19?,22-;/m0./s1. The summed E-state index contributed by atoms with van der Waals surface area (Å²) in [7, 11) is 1.73. The molecule has 3 rings (SSSR count). The Bertz CT molecular complexity index is 951. The van der Waals surface area contributed by atoms with Gasteiger partial charge < -0.3 is 55.9 Å². The lowest BCUT2D eigenvalue weighted by atomic mass is 9.86. The highest BCUT2D eigenvalue weighted by Crippen LogP contribution is 2.28. The lowest BCUT2D eigenvalue weighted by Crippen LogP contribution is -2.93. The molecular weight excluding hydrogens is 524 g/mol. The highest BCUT2D eigenvalue weighted by molar-refractivity contribution is 5.93. The number of benzene rings is 1. The number of hydrogen-bond donors (Lipinski definition) is 8. The van der Waals surface area contributed by atoms with Gasteiger partial charge in [-0.3, -0.25) is 0 Å². The zero-order valence-corrected chi connectivity index (χ0v) is 22.1. The maximum Gasteiger partial charge on any atom is 0.342 e. The van der Waals surface area contributed by atoms with Crippen LogP contribution in [0.2, 0.25) is 0 Å². The summed E-state index contributed by atoms with van der Waals surface area (Å²) < 4.78 is 16.2. The van der Waals surface area contributed by atoms with E-state index in [4.69, 9.17) is 34.8 Å². The summed E-state index contributed by atoms with van der Waals surface area (Å²) in [5.41, 5.74) is 5.74. The van der Waals surface area contributed by atoms with E-state index in [1.165, 1.54) is 18.2 Å². The Morgan fingerprint density at radius 1 is 1.03 bits per heavy atom. The molecule has 0 saturated carbocycles. The number of carbonyl (C=O) groups excluding carboxylic acids is 1. The summed E-state index contributed by atoms with van der Waals surface area (Å²) >= 11 is 0. The van der Waals surface area contributed by atoms with Gasteiger partial charge in [-0.25, -0.2) is 19.4 Å². The number of anilines is 1. The van der Waals surface area contributed by atoms with Gasteiger partial charge in [0.25, 0.3) is 0 Å². The SMILES string of the molecule is CC.C[NH2+]C1[C@H](C)OC(COC(=O)c2cc(N)ccc2O)[C@@H](COO[C@@H]2OC(C(=O)O)[C@@H](O)[C@@H](O)C2O)[C@H]1O. The molecule has 39 heavy (non-hydrogen) atoms. The van der Waals surface area contributed by atoms with Crippen molar-refractivity contribution in [2.45, 2.75) is 75.8 Å². The highest BCUT2D eigenvalue weighted by atomic mass is 17.2. The van der Waals surface area contributed by atoms with Crippen molar-refractivity contribution < 1.29 is 69.5 Å². The molecule has 4 unspecified atom stereocenters. The lowest BCUT2D eigenvalue weighted by molar-refractivity contribution is -0.685. The van der Waals surface area contributed by atoms with Crippen molar-refractivity contribution in [2.75, 3.05) is 26.0 Å². The van der Waals surface area contributed by atoms with E-state index in [0.717, 1.165) is 0 Å². The number of carboxylic acid groups (broad SMARTS) is 1. The van der Waals surface area contributed by atoms with E-state index in [-0.39, 0.29) is 30.2 Å². The maximum atomic E-state index is 12.5. The molecule has 1 aromatic rings. The van der Waals surface area contributed by atoms with Crippen LogP contribution >= 0.6 is 0 Å². The van der Waals surface area contributed by atoms with Gasteiger partial charge in [-0.2, -0.15) is 0 Å². The molecule has 1 aromatic carbocycles. The van der Waals surface area contributed by atoms with Crippen molar-refractivity contribution in [1.82, 2.24) is 0 Å². The van der Waals surface area contributed by atoms with Crippen molar-refractivity contribution in [1.29, 1.82) is 0 Å². The minimum Gasteiger partial charge on any atom is -0.507 e. The van der Waals surface area contributed by atoms with Crippen LogP contribution in [-0.2, 0) is 28.8 Å². The van der Waals surface area contributed by atoms with Crippen molar-refractivity contribution in [2.24, 2.45) is 5.92 Å². The van der Waals surface area contributed by atoms with Gasteiger partial charge in [0, 0.05) is 11.6 Å². The number of quaternary nitrogens is 1. The van der Waals surface area contributed by atoms with Crippen LogP contribution in [0.25, 0.3) is 0 Å². The van der Waals surface area contributed by atoms with Gasteiger partial charge in [-0.05, 0) is 25.1 Å². The second kappa shape index (κ2) is 14.7. The number of phenols is 1. The predicted octanol–water partition coefficient (Wildman–Crippen LogP) is -2.68. The van der Waals surface area contributed by atoms with Crippen molar-refractivity contribution in [3.05, 3.63) is 23.8 Å². The Morgan fingerprint density at radius 3 is 2.31 bits per heavy atom. The Kier molecular flexibility index (Phi) is 12.3. The monoisotopic (exact) mass is 563 g/mol. The first-order valence-electron chi connectivity index (χ1n) is 12.6. The largest absolute Gasteiger partial charge is 0.507 e. The molecule has 2 aliphatic heterocycles. The zero-order valence-electron chi connectivity index (χ0n) is 22.1. The summed E-state index contributed by atoms with van der Waals surface area (Å²) in [4.78, 5) is 33.8. The van der Waals surface area contributed by atoms with E-state index >= 15 is 0 Å². The molecule has 2 aliphatic rings. The van der Waals surface area contributed by atoms with Crippen molar-refractivity contribution in [3.63, 3.8) is 0 Å². The third-order valence-electron chi connectivity index (χ3n) is 6.48. The molecule has 0 bridgehead atoms. The molecule has 15 nitrogen and oxygen atoms in total. The first kappa shape index (κ1) is 32.6. The summed E-state index contributed by atoms with van der Waals surface area (Å²) in [5, 5.41) is 61.5. The third kappa shape index (κ3) is 7.75. The molecule has 2 saturated heterocycles. The van der Waals surface area contributed by atoms with Gasteiger partial charge in [0.1, 0.15) is 60.6 Å². The van der Waals surface area contributed by atoms with Crippen LogP contribution in [0.4, 0.5) is 5.69 Å². The molecular formula is C24H39N2O13+. The first-order chi connectivity index (χ1) is 18.5. The zero-order chi connectivity index (χ0) is 29.4. The Balaban J connectivity index is 0.00000260. The number of phenolic OH excluding ortho intramolecular Hbond substituents is 1. The molecule has 0 aromatic heterocycles. The molecule has 0 aliphatic carbocycles. The van der Waals surface area contributed by atoms with Crippen LogP contribution < -0.4 is 11.1 Å². The number of likely N-dealkylation sites (N-methyl/N-ethyl adjacent to an activating group) is 1. The van der Waals surface area contributed by atoms with Crippen LogP contribution in [0.3, 0.4) is 0 Å². The first-order valence-corrected chi connectivity index (χ1v) is 12.6. The fourth-order valence-electron chi connectivity index (χ4n) is 4.36. The van der Waals surface area contributed by atoms with E-state index in [2.05, 4.69) is 0 Å². The molecule has 0 spiro atoms. The number of hydrogen-bond acceptors (Lipinski definition) is 13. The molecule has 222 valence electrons. The lowest BCUT2D eigenvalue weighted by Gasteiger charge is -2.42. The van der Waals surface area contributed by atoms with Gasteiger partial charge in [0.2, 0.25) is 6.29 Å². The third-order valence-corrected chi connectivity index (χ3v) is 6.48. The number of esters is 1.